The van der Waals surface area contributed by atoms with Crippen LogP contribution in [0.1, 0.15) is 44.6 Å². The standard InChI is InChI=1S/C23H22F2N4/c24-16-9-7-15(8-10-16)21-22(18-11-12-26-23-20(18)19(25)13-27-23)29(14-28-21)17-5-3-1-2-4-6-17/h7-14,17H,1-6H2,(H,26,27). The molecule has 4 aromatic rings. The van der Waals surface area contributed by atoms with E-state index in [4.69, 9.17) is 4.98 Å². The van der Waals surface area contributed by atoms with Crippen molar-refractivity contribution in [1.82, 2.24) is 19.5 Å². The fourth-order valence-corrected chi connectivity index (χ4v) is 4.47. The predicted molar refractivity (Wildman–Crippen MR) is 109 cm³/mol. The Bertz CT molecular complexity index is 1140. The molecule has 0 radical (unpaired) electrons. The smallest absolute Gasteiger partial charge is 0.150 e. The molecule has 0 amide bonds. The highest BCUT2D eigenvalue weighted by Gasteiger charge is 2.24. The van der Waals surface area contributed by atoms with Crippen LogP contribution in [0.4, 0.5) is 8.78 Å². The lowest BCUT2D eigenvalue weighted by Crippen LogP contribution is -2.09. The second kappa shape index (κ2) is 7.43. The molecule has 3 aromatic heterocycles. The van der Waals surface area contributed by atoms with Crippen molar-refractivity contribution in [2.75, 3.05) is 0 Å². The van der Waals surface area contributed by atoms with Crippen LogP contribution in [0, 0.1) is 11.6 Å². The molecule has 1 fully saturated rings. The average molecular weight is 392 g/mol. The van der Waals surface area contributed by atoms with E-state index in [9.17, 15) is 8.78 Å². The minimum atomic E-state index is -0.332. The zero-order valence-electron chi connectivity index (χ0n) is 16.0. The van der Waals surface area contributed by atoms with Crippen molar-refractivity contribution >= 4 is 11.0 Å². The first-order chi connectivity index (χ1) is 14.2. The molecule has 1 aliphatic carbocycles. The van der Waals surface area contributed by atoms with E-state index in [1.165, 1.54) is 44.0 Å². The van der Waals surface area contributed by atoms with Crippen LogP contribution in [0.15, 0.2) is 49.1 Å². The molecule has 148 valence electrons. The molecule has 1 N–H and O–H groups in total. The quantitative estimate of drug-likeness (QED) is 0.418. The first-order valence-corrected chi connectivity index (χ1v) is 10.2. The van der Waals surface area contributed by atoms with Gasteiger partial charge in [0.05, 0.1) is 23.1 Å². The molecule has 4 nitrogen and oxygen atoms in total. The second-order valence-corrected chi connectivity index (χ2v) is 7.72. The number of hydrogen-bond acceptors (Lipinski definition) is 2. The number of rotatable bonds is 3. The van der Waals surface area contributed by atoms with Crippen LogP contribution in [0.5, 0.6) is 0 Å². The number of benzene rings is 1. The zero-order chi connectivity index (χ0) is 19.8. The van der Waals surface area contributed by atoms with E-state index in [0.717, 1.165) is 35.4 Å². The van der Waals surface area contributed by atoms with Crippen molar-refractivity contribution in [2.45, 2.75) is 44.6 Å². The highest BCUT2D eigenvalue weighted by Crippen LogP contribution is 2.40. The van der Waals surface area contributed by atoms with Gasteiger partial charge in [-0.15, -0.1) is 0 Å². The summed E-state index contributed by atoms with van der Waals surface area (Å²) in [5.74, 6) is -0.622. The second-order valence-electron chi connectivity index (χ2n) is 7.72. The van der Waals surface area contributed by atoms with Crippen molar-refractivity contribution in [3.63, 3.8) is 0 Å². The Labute approximate surface area is 167 Å². The zero-order valence-corrected chi connectivity index (χ0v) is 16.0. The molecular weight excluding hydrogens is 370 g/mol. The van der Waals surface area contributed by atoms with Gasteiger partial charge < -0.3 is 9.55 Å². The summed E-state index contributed by atoms with van der Waals surface area (Å²) in [6.45, 7) is 0. The van der Waals surface area contributed by atoms with Gasteiger partial charge in [0.15, 0.2) is 5.82 Å². The van der Waals surface area contributed by atoms with Gasteiger partial charge in [-0.05, 0) is 43.2 Å². The summed E-state index contributed by atoms with van der Waals surface area (Å²) in [4.78, 5) is 11.9. The Morgan fingerprint density at radius 3 is 2.45 bits per heavy atom. The molecule has 0 unspecified atom stereocenters. The van der Waals surface area contributed by atoms with E-state index in [-0.39, 0.29) is 11.6 Å². The van der Waals surface area contributed by atoms with Gasteiger partial charge in [-0.1, -0.05) is 25.7 Å². The molecular formula is C23H22F2N4. The first-order valence-electron chi connectivity index (χ1n) is 10.2. The first kappa shape index (κ1) is 18.0. The van der Waals surface area contributed by atoms with Crippen LogP contribution in [-0.2, 0) is 0 Å². The normalized spacial score (nSPS) is 15.7. The molecule has 1 saturated carbocycles. The van der Waals surface area contributed by atoms with Gasteiger partial charge in [-0.3, -0.25) is 0 Å². The summed E-state index contributed by atoms with van der Waals surface area (Å²) in [6.07, 6.45) is 11.9. The Morgan fingerprint density at radius 2 is 1.69 bits per heavy atom. The van der Waals surface area contributed by atoms with E-state index in [1.54, 1.807) is 18.3 Å². The fraction of sp³-hybridized carbons (Fsp3) is 0.304. The fourth-order valence-electron chi connectivity index (χ4n) is 4.47. The summed E-state index contributed by atoms with van der Waals surface area (Å²) < 4.78 is 30.4. The predicted octanol–water partition coefficient (Wildman–Crippen LogP) is 6.27. The SMILES string of the molecule is Fc1ccc(-c2ncn(C3CCCCCC3)c2-c2ccnc3[nH]cc(F)c23)cc1. The largest absolute Gasteiger partial charge is 0.343 e. The maximum Gasteiger partial charge on any atom is 0.150 e. The summed E-state index contributed by atoms with van der Waals surface area (Å²) in [6, 6.07) is 8.48. The number of pyridine rings is 1. The van der Waals surface area contributed by atoms with Crippen LogP contribution in [-0.4, -0.2) is 19.5 Å². The van der Waals surface area contributed by atoms with Crippen molar-refractivity contribution < 1.29 is 8.78 Å². The van der Waals surface area contributed by atoms with Gasteiger partial charge in [0.2, 0.25) is 0 Å². The minimum Gasteiger partial charge on any atom is -0.343 e. The maximum absolute atomic E-state index is 14.7. The summed E-state index contributed by atoms with van der Waals surface area (Å²) >= 11 is 0. The third-order valence-electron chi connectivity index (χ3n) is 5.91. The van der Waals surface area contributed by atoms with Crippen molar-refractivity contribution in [3.05, 3.63) is 60.7 Å². The number of nitrogens with zero attached hydrogens (tertiary/aromatic N) is 3. The van der Waals surface area contributed by atoms with Gasteiger partial charge in [-0.2, -0.15) is 0 Å². The molecule has 0 bridgehead atoms. The summed E-state index contributed by atoms with van der Waals surface area (Å²) in [5, 5.41) is 0.464. The van der Waals surface area contributed by atoms with Crippen LogP contribution < -0.4 is 0 Å². The Hall–Kier alpha value is -3.02. The number of hydrogen-bond donors (Lipinski definition) is 1. The van der Waals surface area contributed by atoms with Crippen LogP contribution in [0.2, 0.25) is 0 Å². The highest BCUT2D eigenvalue weighted by molar-refractivity contribution is 5.96. The molecule has 0 atom stereocenters. The van der Waals surface area contributed by atoms with E-state index in [0.29, 0.717) is 17.1 Å². The summed E-state index contributed by atoms with van der Waals surface area (Å²) in [7, 11) is 0. The number of aromatic amines is 1. The van der Waals surface area contributed by atoms with Crippen LogP contribution in [0.3, 0.4) is 0 Å². The molecule has 1 aromatic carbocycles. The Balaban J connectivity index is 1.75. The van der Waals surface area contributed by atoms with Gasteiger partial charge in [-0.25, -0.2) is 18.7 Å². The van der Waals surface area contributed by atoms with E-state index >= 15 is 0 Å². The molecule has 1 aliphatic rings. The molecule has 0 spiro atoms. The molecule has 29 heavy (non-hydrogen) atoms. The van der Waals surface area contributed by atoms with E-state index < -0.39 is 0 Å². The third kappa shape index (κ3) is 3.22. The number of fused-ring (bicyclic) bond motifs is 1. The van der Waals surface area contributed by atoms with Crippen molar-refractivity contribution in [1.29, 1.82) is 0 Å². The maximum atomic E-state index is 14.7. The number of nitrogens with one attached hydrogen (secondary N) is 1. The highest BCUT2D eigenvalue weighted by atomic mass is 19.1. The topological polar surface area (TPSA) is 46.5 Å². The number of imidazole rings is 1. The monoisotopic (exact) mass is 392 g/mol. The van der Waals surface area contributed by atoms with Crippen LogP contribution in [0.25, 0.3) is 33.5 Å². The van der Waals surface area contributed by atoms with Gasteiger partial charge in [0.25, 0.3) is 0 Å². The van der Waals surface area contributed by atoms with E-state index in [2.05, 4.69) is 14.5 Å². The Morgan fingerprint density at radius 1 is 0.931 bits per heavy atom. The van der Waals surface area contributed by atoms with Gasteiger partial charge >= 0.3 is 0 Å². The van der Waals surface area contributed by atoms with E-state index in [1.807, 2.05) is 12.4 Å². The van der Waals surface area contributed by atoms with Crippen LogP contribution >= 0.6 is 0 Å². The van der Waals surface area contributed by atoms with Gasteiger partial charge in [0, 0.05) is 29.6 Å². The average Bonchev–Trinajstić information content (AvgIpc) is 3.23. The lowest BCUT2D eigenvalue weighted by molar-refractivity contribution is 0.447. The van der Waals surface area contributed by atoms with Crippen molar-refractivity contribution in [2.24, 2.45) is 0 Å². The molecule has 0 aliphatic heterocycles. The van der Waals surface area contributed by atoms with Crippen molar-refractivity contribution in [3.8, 4) is 22.5 Å². The number of H-pyrrole nitrogens is 1. The molecule has 3 heterocycles. The lowest BCUT2D eigenvalue weighted by Gasteiger charge is -2.20. The molecule has 5 rings (SSSR count). The number of aromatic nitrogens is 4. The molecule has 6 heteroatoms. The Kier molecular flexibility index (Phi) is 4.62. The molecule has 0 saturated heterocycles. The third-order valence-corrected chi connectivity index (χ3v) is 5.91. The minimum absolute atomic E-state index is 0.290. The van der Waals surface area contributed by atoms with Gasteiger partial charge in [0.1, 0.15) is 11.5 Å². The summed E-state index contributed by atoms with van der Waals surface area (Å²) in [5.41, 5.74) is 3.69. The number of halogens is 2. The lowest BCUT2D eigenvalue weighted by atomic mass is 10.0.